The summed E-state index contributed by atoms with van der Waals surface area (Å²) in [5.74, 6) is 0. The zero-order chi connectivity index (χ0) is 12.1. The number of hydrogen-bond donors (Lipinski definition) is 2. The van der Waals surface area contributed by atoms with Crippen molar-refractivity contribution in [2.24, 2.45) is 10.2 Å². The molecule has 0 unspecified atom stereocenters. The summed E-state index contributed by atoms with van der Waals surface area (Å²) in [5.41, 5.74) is 19.0. The van der Waals surface area contributed by atoms with Crippen molar-refractivity contribution in [1.82, 2.24) is 0 Å². The predicted molar refractivity (Wildman–Crippen MR) is 63.1 cm³/mol. The van der Waals surface area contributed by atoms with Crippen LogP contribution in [0.4, 0.5) is 11.4 Å². The molecule has 0 atom stereocenters. The van der Waals surface area contributed by atoms with Crippen molar-refractivity contribution in [2.45, 2.75) is 0 Å². The van der Waals surface area contributed by atoms with Crippen molar-refractivity contribution in [3.05, 3.63) is 33.0 Å². The van der Waals surface area contributed by atoms with E-state index in [2.05, 4.69) is 20.1 Å². The van der Waals surface area contributed by atoms with Crippen LogP contribution in [-0.4, -0.2) is 42.5 Å². The number of hydrogen-bond acceptors (Lipinski definition) is 4. The molecule has 0 aromatic carbocycles. The van der Waals surface area contributed by atoms with Gasteiger partial charge in [0.2, 0.25) is 0 Å². The molecule has 2 aliphatic rings. The van der Waals surface area contributed by atoms with Gasteiger partial charge in [0.05, 0.1) is 11.4 Å². The van der Waals surface area contributed by atoms with Crippen LogP contribution in [-0.2, 0) is 11.0 Å². The fourth-order valence-corrected chi connectivity index (χ4v) is 1.15. The Balaban J connectivity index is 0.000000453. The van der Waals surface area contributed by atoms with Crippen LogP contribution in [0.25, 0.3) is 32.0 Å². The molecular weight excluding hydrogens is 259 g/mol. The van der Waals surface area contributed by atoms with E-state index in [0.717, 1.165) is 11.1 Å². The summed E-state index contributed by atoms with van der Waals surface area (Å²) < 4.78 is 24.2. The number of nitrogens with zero attached hydrogens (tertiary/aromatic N) is 6. The van der Waals surface area contributed by atoms with E-state index >= 15 is 0 Å². The summed E-state index contributed by atoms with van der Waals surface area (Å²) in [4.78, 5) is 5.25. The van der Waals surface area contributed by atoms with Gasteiger partial charge in [0.25, 0.3) is 11.0 Å². The van der Waals surface area contributed by atoms with Gasteiger partial charge in [-0.05, 0) is 22.2 Å². The van der Waals surface area contributed by atoms with Crippen molar-refractivity contribution in [3.63, 3.8) is 0 Å². The standard InChI is InChI=1S/C6H2N6.Na.H2O3S.H/c7-11-9-5-3-1-2-4(3)6(5)10-12-8;;1-4(2)3;/h1-2H;;4H,(H,1,2,3);. The molecule has 17 heavy (non-hydrogen) atoms. The first-order valence-electron chi connectivity index (χ1n) is 3.72. The van der Waals surface area contributed by atoms with Gasteiger partial charge >= 0.3 is 29.6 Å². The molecule has 0 spiro atoms. The van der Waals surface area contributed by atoms with E-state index in [-0.39, 0.29) is 29.6 Å². The molecule has 0 fully saturated rings. The van der Waals surface area contributed by atoms with Crippen molar-refractivity contribution in [3.8, 4) is 11.1 Å². The Hall–Kier alpha value is -1.25. The number of azide groups is 2. The third-order valence-corrected chi connectivity index (χ3v) is 1.73. The van der Waals surface area contributed by atoms with E-state index in [4.69, 9.17) is 24.0 Å². The molecule has 84 valence electrons. The molecule has 11 heteroatoms. The minimum absolute atomic E-state index is 0. The number of rotatable bonds is 2. The SMILES string of the molecule is O=[SH](=O)O.[N-]=[N+]=Nc1c2ccc-2c1N=[N+]=[N-].[NaH]. The summed E-state index contributed by atoms with van der Waals surface area (Å²) in [7, 11) is -3.12. The van der Waals surface area contributed by atoms with Crippen LogP contribution in [0.2, 0.25) is 0 Å². The summed E-state index contributed by atoms with van der Waals surface area (Å²) in [6.45, 7) is 0. The van der Waals surface area contributed by atoms with Gasteiger partial charge in [-0.1, -0.05) is 22.4 Å². The van der Waals surface area contributed by atoms with Gasteiger partial charge in [0, 0.05) is 9.82 Å². The van der Waals surface area contributed by atoms with Gasteiger partial charge < -0.3 is 0 Å². The van der Waals surface area contributed by atoms with Gasteiger partial charge in [-0.15, -0.1) is 0 Å². The van der Waals surface area contributed by atoms with Crippen LogP contribution in [0.15, 0.2) is 22.4 Å². The van der Waals surface area contributed by atoms with Crippen LogP contribution < -0.4 is 0 Å². The Bertz CT molecular complexity index is 551. The molecule has 0 amide bonds. The maximum absolute atomic E-state index is 8.59. The molecule has 0 bridgehead atoms. The summed E-state index contributed by atoms with van der Waals surface area (Å²) in [6, 6.07) is 3.63. The van der Waals surface area contributed by atoms with Gasteiger partial charge in [-0.2, -0.15) is 0 Å². The van der Waals surface area contributed by atoms with E-state index in [1.807, 2.05) is 12.1 Å². The zero-order valence-corrected chi connectivity index (χ0v) is 8.44. The maximum atomic E-state index is 8.59. The molecule has 0 saturated heterocycles. The molecule has 0 radical (unpaired) electrons. The van der Waals surface area contributed by atoms with Gasteiger partial charge in [0.1, 0.15) is 0 Å². The fourth-order valence-electron chi connectivity index (χ4n) is 1.15. The Morgan fingerprint density at radius 3 is 1.53 bits per heavy atom. The van der Waals surface area contributed by atoms with E-state index in [1.54, 1.807) is 0 Å². The van der Waals surface area contributed by atoms with Crippen molar-refractivity contribution in [2.75, 3.05) is 0 Å². The molecule has 0 saturated carbocycles. The second-order valence-electron chi connectivity index (χ2n) is 2.47. The Morgan fingerprint density at radius 2 is 1.35 bits per heavy atom. The third kappa shape index (κ3) is 3.62. The molecule has 0 aromatic rings. The average Bonchev–Trinajstić information content (AvgIpc) is 2.14. The van der Waals surface area contributed by atoms with E-state index in [0.29, 0.717) is 11.4 Å². The van der Waals surface area contributed by atoms with Crippen LogP contribution >= 0.6 is 0 Å². The van der Waals surface area contributed by atoms with Crippen molar-refractivity contribution in [1.29, 1.82) is 0 Å². The number of thiol groups is 1. The monoisotopic (exact) mass is 264 g/mol. The first kappa shape index (κ1) is 15.8. The van der Waals surface area contributed by atoms with E-state index in [1.165, 1.54) is 0 Å². The molecule has 9 nitrogen and oxygen atoms in total. The number of fused-ring (bicyclic) bond motifs is 1. The quantitative estimate of drug-likeness (QED) is 0.213. The number of benzene rings is 1. The molecule has 2 rings (SSSR count). The molecule has 2 aliphatic carbocycles. The Kier molecular flexibility index (Phi) is 6.62. The van der Waals surface area contributed by atoms with Crippen LogP contribution in [0.1, 0.15) is 0 Å². The minimum atomic E-state index is -3.12. The normalized spacial score (nSPS) is 8.82. The third-order valence-electron chi connectivity index (χ3n) is 1.73. The Morgan fingerprint density at radius 1 is 1.06 bits per heavy atom. The van der Waals surface area contributed by atoms with Crippen molar-refractivity contribution < 1.29 is 13.0 Å². The van der Waals surface area contributed by atoms with Gasteiger partial charge in [-0.25, -0.2) is 8.42 Å². The predicted octanol–water partition coefficient (Wildman–Crippen LogP) is 1.97. The first-order valence-corrected chi connectivity index (χ1v) is 4.85. The molecule has 0 aliphatic heterocycles. The fraction of sp³-hybridized carbons (Fsp3) is 0. The summed E-state index contributed by atoms with van der Waals surface area (Å²) >= 11 is 0. The zero-order valence-electron chi connectivity index (χ0n) is 7.55. The topological polar surface area (TPSA) is 152 Å². The summed E-state index contributed by atoms with van der Waals surface area (Å²) in [6.07, 6.45) is 0. The Labute approximate surface area is 119 Å². The van der Waals surface area contributed by atoms with Gasteiger partial charge in [0.15, 0.2) is 0 Å². The first-order chi connectivity index (χ1) is 7.61. The average molecular weight is 264 g/mol. The molecule has 0 aromatic heterocycles. The van der Waals surface area contributed by atoms with Crippen molar-refractivity contribution >= 4 is 51.9 Å². The van der Waals surface area contributed by atoms with E-state index in [9.17, 15) is 0 Å². The van der Waals surface area contributed by atoms with Crippen LogP contribution in [0, 0.1) is 0 Å². The van der Waals surface area contributed by atoms with E-state index < -0.39 is 11.0 Å². The van der Waals surface area contributed by atoms with Crippen LogP contribution in [0.5, 0.6) is 0 Å². The van der Waals surface area contributed by atoms with Gasteiger partial charge in [-0.3, -0.25) is 4.55 Å². The molecular formula is C6H5N6NaO3S. The second kappa shape index (κ2) is 7.15. The molecule has 0 heterocycles. The molecule has 1 N–H and O–H groups in total. The van der Waals surface area contributed by atoms with Crippen LogP contribution in [0.3, 0.4) is 0 Å². The summed E-state index contributed by atoms with van der Waals surface area (Å²) in [5, 5.41) is 6.80. The second-order valence-corrected chi connectivity index (χ2v) is 2.95.